The third-order valence-corrected chi connectivity index (χ3v) is 4.67. The Morgan fingerprint density at radius 3 is 2.67 bits per heavy atom. The molecule has 3 aromatic rings. The molecule has 1 aromatic carbocycles. The molecule has 0 unspecified atom stereocenters. The van der Waals surface area contributed by atoms with Gasteiger partial charge < -0.3 is 9.88 Å². The van der Waals surface area contributed by atoms with E-state index in [4.69, 9.17) is 0 Å². The summed E-state index contributed by atoms with van der Waals surface area (Å²) in [7, 11) is 0. The Kier molecular flexibility index (Phi) is 3.91. The van der Waals surface area contributed by atoms with Gasteiger partial charge in [0.25, 0.3) is 0 Å². The van der Waals surface area contributed by atoms with Crippen LogP contribution >= 0.6 is 0 Å². The minimum atomic E-state index is -0.0659. The average Bonchev–Trinajstić information content (AvgIpc) is 3.07. The molecular formula is C19H20N4O. The van der Waals surface area contributed by atoms with Crippen molar-refractivity contribution in [3.63, 3.8) is 0 Å². The first-order valence-corrected chi connectivity index (χ1v) is 8.34. The van der Waals surface area contributed by atoms with Gasteiger partial charge in [-0.05, 0) is 42.5 Å². The van der Waals surface area contributed by atoms with Crippen molar-refractivity contribution in [2.75, 3.05) is 18.4 Å². The third kappa shape index (κ3) is 2.97. The van der Waals surface area contributed by atoms with Crippen LogP contribution in [-0.2, 0) is 0 Å². The number of benzene rings is 1. The van der Waals surface area contributed by atoms with Crippen LogP contribution < -0.4 is 5.32 Å². The third-order valence-electron chi connectivity index (χ3n) is 4.67. The van der Waals surface area contributed by atoms with E-state index in [2.05, 4.69) is 39.6 Å². The van der Waals surface area contributed by atoms with Gasteiger partial charge in [0.2, 0.25) is 0 Å². The van der Waals surface area contributed by atoms with E-state index in [9.17, 15) is 4.79 Å². The fourth-order valence-electron chi connectivity index (χ4n) is 3.33. The molecule has 0 atom stereocenters. The van der Waals surface area contributed by atoms with Gasteiger partial charge in [-0.2, -0.15) is 0 Å². The fraction of sp³-hybridized carbons (Fsp3) is 0.263. The van der Waals surface area contributed by atoms with Gasteiger partial charge in [0.15, 0.2) is 0 Å². The monoisotopic (exact) mass is 320 g/mol. The molecule has 5 heteroatoms. The minimum Gasteiger partial charge on any atom is -0.358 e. The number of piperidine rings is 1. The smallest absolute Gasteiger partial charge is 0.323 e. The summed E-state index contributed by atoms with van der Waals surface area (Å²) in [6, 6.07) is 16.0. The van der Waals surface area contributed by atoms with Crippen molar-refractivity contribution in [3.8, 4) is 0 Å². The Balaban J connectivity index is 1.38. The SMILES string of the molecule is O=C(Nc1ccccn1)N1CCC(c2cc3ccccc3[nH]2)CC1. The first-order chi connectivity index (χ1) is 11.8. The highest BCUT2D eigenvalue weighted by molar-refractivity contribution is 5.88. The molecule has 0 aliphatic carbocycles. The van der Waals surface area contributed by atoms with Crippen molar-refractivity contribution < 1.29 is 4.79 Å². The Morgan fingerprint density at radius 2 is 1.92 bits per heavy atom. The predicted molar refractivity (Wildman–Crippen MR) is 95.1 cm³/mol. The molecule has 5 nitrogen and oxygen atoms in total. The molecule has 1 aliphatic heterocycles. The molecule has 3 heterocycles. The van der Waals surface area contributed by atoms with Gasteiger partial charge >= 0.3 is 6.03 Å². The number of H-pyrrole nitrogens is 1. The average molecular weight is 320 g/mol. The van der Waals surface area contributed by atoms with E-state index in [-0.39, 0.29) is 6.03 Å². The lowest BCUT2D eigenvalue weighted by atomic mass is 9.94. The number of anilines is 1. The standard InChI is InChI=1S/C19H20N4O/c24-19(22-18-7-3-4-10-20-18)23-11-8-14(9-12-23)17-13-15-5-1-2-6-16(15)21-17/h1-7,10,13-14,21H,8-9,11-12H2,(H,20,22,24). The van der Waals surface area contributed by atoms with Crippen LogP contribution in [0.2, 0.25) is 0 Å². The van der Waals surface area contributed by atoms with Gasteiger partial charge in [0.1, 0.15) is 5.82 Å². The summed E-state index contributed by atoms with van der Waals surface area (Å²) in [5.41, 5.74) is 2.46. The van der Waals surface area contributed by atoms with Gasteiger partial charge in [-0.1, -0.05) is 24.3 Å². The first-order valence-electron chi connectivity index (χ1n) is 8.34. The second-order valence-corrected chi connectivity index (χ2v) is 6.22. The number of urea groups is 1. The van der Waals surface area contributed by atoms with E-state index < -0.39 is 0 Å². The van der Waals surface area contributed by atoms with Crippen molar-refractivity contribution in [1.82, 2.24) is 14.9 Å². The molecule has 0 bridgehead atoms. The second kappa shape index (κ2) is 6.35. The number of para-hydroxylation sites is 1. The van der Waals surface area contributed by atoms with Gasteiger partial charge in [-0.3, -0.25) is 5.32 Å². The number of aromatic nitrogens is 2. The molecule has 24 heavy (non-hydrogen) atoms. The van der Waals surface area contributed by atoms with Gasteiger partial charge in [-0.15, -0.1) is 0 Å². The fourth-order valence-corrected chi connectivity index (χ4v) is 3.33. The zero-order chi connectivity index (χ0) is 16.4. The van der Waals surface area contributed by atoms with Crippen LogP contribution in [0.5, 0.6) is 0 Å². The molecule has 0 radical (unpaired) electrons. The van der Waals surface area contributed by atoms with Crippen LogP contribution in [0, 0.1) is 0 Å². The van der Waals surface area contributed by atoms with E-state index in [1.165, 1.54) is 16.6 Å². The summed E-state index contributed by atoms with van der Waals surface area (Å²) in [6.45, 7) is 1.53. The van der Waals surface area contributed by atoms with Crippen LogP contribution in [0.4, 0.5) is 10.6 Å². The Bertz CT molecular complexity index is 802. The Labute approximate surface area is 140 Å². The lowest BCUT2D eigenvalue weighted by molar-refractivity contribution is 0.194. The molecule has 4 rings (SSSR count). The van der Waals surface area contributed by atoms with Gasteiger partial charge in [0.05, 0.1) is 0 Å². The summed E-state index contributed by atoms with van der Waals surface area (Å²) in [5, 5.41) is 4.11. The maximum absolute atomic E-state index is 12.3. The highest BCUT2D eigenvalue weighted by Gasteiger charge is 2.25. The summed E-state index contributed by atoms with van der Waals surface area (Å²) < 4.78 is 0. The van der Waals surface area contributed by atoms with E-state index >= 15 is 0 Å². The highest BCUT2D eigenvalue weighted by atomic mass is 16.2. The molecule has 0 saturated carbocycles. The number of carbonyl (C=O) groups is 1. The van der Waals surface area contributed by atoms with Crippen LogP contribution in [0.25, 0.3) is 10.9 Å². The number of amides is 2. The number of nitrogens with one attached hydrogen (secondary N) is 2. The molecule has 2 N–H and O–H groups in total. The number of pyridine rings is 1. The first kappa shape index (κ1) is 14.8. The normalized spacial score (nSPS) is 15.6. The summed E-state index contributed by atoms with van der Waals surface area (Å²) in [4.78, 5) is 21.8. The van der Waals surface area contributed by atoms with E-state index in [1.54, 1.807) is 12.3 Å². The van der Waals surface area contributed by atoms with E-state index in [0.717, 1.165) is 25.9 Å². The number of aromatic amines is 1. The molecule has 0 spiro atoms. The zero-order valence-corrected chi connectivity index (χ0v) is 13.4. The predicted octanol–water partition coefficient (Wildman–Crippen LogP) is 3.97. The number of carbonyl (C=O) groups excluding carboxylic acids is 1. The maximum Gasteiger partial charge on any atom is 0.323 e. The van der Waals surface area contributed by atoms with Crippen LogP contribution in [0.1, 0.15) is 24.5 Å². The van der Waals surface area contributed by atoms with E-state index in [0.29, 0.717) is 11.7 Å². The van der Waals surface area contributed by atoms with Crippen molar-refractivity contribution in [1.29, 1.82) is 0 Å². The molecule has 1 saturated heterocycles. The Hall–Kier alpha value is -2.82. The Morgan fingerprint density at radius 1 is 1.12 bits per heavy atom. The van der Waals surface area contributed by atoms with Gasteiger partial charge in [0, 0.05) is 36.4 Å². The lowest BCUT2D eigenvalue weighted by Crippen LogP contribution is -2.40. The number of nitrogens with zero attached hydrogens (tertiary/aromatic N) is 2. The number of hydrogen-bond acceptors (Lipinski definition) is 2. The molecule has 122 valence electrons. The van der Waals surface area contributed by atoms with Crippen LogP contribution in [0.15, 0.2) is 54.7 Å². The number of hydrogen-bond donors (Lipinski definition) is 2. The number of fused-ring (bicyclic) bond motifs is 1. The largest absolute Gasteiger partial charge is 0.358 e. The topological polar surface area (TPSA) is 61.0 Å². The minimum absolute atomic E-state index is 0.0659. The molecule has 1 aliphatic rings. The highest BCUT2D eigenvalue weighted by Crippen LogP contribution is 2.30. The zero-order valence-electron chi connectivity index (χ0n) is 13.4. The van der Waals surface area contributed by atoms with Crippen molar-refractivity contribution in [2.45, 2.75) is 18.8 Å². The van der Waals surface area contributed by atoms with Crippen LogP contribution in [-0.4, -0.2) is 34.0 Å². The maximum atomic E-state index is 12.3. The summed E-state index contributed by atoms with van der Waals surface area (Å²) in [5.74, 6) is 1.08. The molecule has 1 fully saturated rings. The summed E-state index contributed by atoms with van der Waals surface area (Å²) in [6.07, 6.45) is 3.63. The van der Waals surface area contributed by atoms with E-state index in [1.807, 2.05) is 23.1 Å². The summed E-state index contributed by atoms with van der Waals surface area (Å²) >= 11 is 0. The van der Waals surface area contributed by atoms with Crippen molar-refractivity contribution in [3.05, 3.63) is 60.4 Å². The molecule has 2 amide bonds. The quantitative estimate of drug-likeness (QED) is 0.750. The van der Waals surface area contributed by atoms with Crippen molar-refractivity contribution >= 4 is 22.8 Å². The molecule has 2 aromatic heterocycles. The molecular weight excluding hydrogens is 300 g/mol. The second-order valence-electron chi connectivity index (χ2n) is 6.22. The van der Waals surface area contributed by atoms with Gasteiger partial charge in [-0.25, -0.2) is 9.78 Å². The lowest BCUT2D eigenvalue weighted by Gasteiger charge is -2.31. The number of likely N-dealkylation sites (tertiary alicyclic amines) is 1. The number of rotatable bonds is 2. The van der Waals surface area contributed by atoms with Crippen LogP contribution in [0.3, 0.4) is 0 Å². The van der Waals surface area contributed by atoms with Crippen molar-refractivity contribution in [2.24, 2.45) is 0 Å².